The summed E-state index contributed by atoms with van der Waals surface area (Å²) in [6.45, 7) is 1.45. The van der Waals surface area contributed by atoms with Gasteiger partial charge in [0, 0.05) is 40.3 Å². The summed E-state index contributed by atoms with van der Waals surface area (Å²) < 4.78 is 22.2. The van der Waals surface area contributed by atoms with E-state index >= 15 is 0 Å². The highest BCUT2D eigenvalue weighted by atomic mass is 79.9. The molecule has 5 heteroatoms. The molecule has 2 heterocycles. The topological polar surface area (TPSA) is 17.4 Å². The summed E-state index contributed by atoms with van der Waals surface area (Å²) in [7, 11) is 0. The zero-order valence-corrected chi connectivity index (χ0v) is 14.5. The zero-order chi connectivity index (χ0) is 16.5. The van der Waals surface area contributed by atoms with E-state index in [2.05, 4.69) is 49.8 Å². The highest BCUT2D eigenvalue weighted by Crippen LogP contribution is 2.32. The molecule has 0 spiro atoms. The Bertz CT molecular complexity index is 829. The predicted molar refractivity (Wildman–Crippen MR) is 95.9 cm³/mol. The van der Waals surface area contributed by atoms with Crippen LogP contribution in [0.15, 0.2) is 71.5 Å². The number of benzene rings is 2. The van der Waals surface area contributed by atoms with Crippen molar-refractivity contribution in [1.29, 1.82) is 0 Å². The summed E-state index contributed by atoms with van der Waals surface area (Å²) in [5.74, 6) is -0.225. The van der Waals surface area contributed by atoms with Gasteiger partial charge in [-0.25, -0.2) is 4.39 Å². The van der Waals surface area contributed by atoms with Crippen LogP contribution in [-0.2, 0) is 4.74 Å². The van der Waals surface area contributed by atoms with Crippen LogP contribution in [0.4, 0.5) is 10.1 Å². The molecule has 1 atom stereocenters. The molecule has 0 amide bonds. The van der Waals surface area contributed by atoms with Crippen LogP contribution < -0.4 is 4.90 Å². The first-order valence-electron chi connectivity index (χ1n) is 7.78. The molecular weight excluding hydrogens is 371 g/mol. The smallest absolute Gasteiger partial charge is 0.158 e. The van der Waals surface area contributed by atoms with Crippen molar-refractivity contribution in [3.63, 3.8) is 0 Å². The molecule has 1 fully saturated rings. The molecular formula is C19H16BrFN2O. The normalized spacial score (nSPS) is 17.4. The Morgan fingerprint density at radius 3 is 2.42 bits per heavy atom. The first kappa shape index (κ1) is 15.4. The highest BCUT2D eigenvalue weighted by Gasteiger charge is 2.27. The van der Waals surface area contributed by atoms with Gasteiger partial charge in [-0.05, 0) is 54.6 Å². The van der Waals surface area contributed by atoms with Gasteiger partial charge in [0.2, 0.25) is 0 Å². The Balaban J connectivity index is 1.61. The van der Waals surface area contributed by atoms with E-state index in [0.29, 0.717) is 6.61 Å². The molecule has 0 bridgehead atoms. The average molecular weight is 387 g/mol. The largest absolute Gasteiger partial charge is 0.352 e. The van der Waals surface area contributed by atoms with Crippen molar-refractivity contribution in [1.82, 2.24) is 4.57 Å². The number of ether oxygens (including phenoxy) is 1. The molecule has 4 rings (SSSR count). The minimum absolute atomic E-state index is 0.146. The van der Waals surface area contributed by atoms with Crippen molar-refractivity contribution in [2.45, 2.75) is 6.23 Å². The van der Waals surface area contributed by atoms with Gasteiger partial charge in [0.15, 0.2) is 6.23 Å². The number of nitrogens with zero attached hydrogens (tertiary/aromatic N) is 2. The van der Waals surface area contributed by atoms with Crippen molar-refractivity contribution >= 4 is 21.6 Å². The summed E-state index contributed by atoms with van der Waals surface area (Å²) in [4.78, 5) is 2.15. The average Bonchev–Trinajstić information content (AvgIpc) is 3.25. The quantitative estimate of drug-likeness (QED) is 0.635. The van der Waals surface area contributed by atoms with E-state index in [0.717, 1.165) is 28.0 Å². The Kier molecular flexibility index (Phi) is 4.12. The van der Waals surface area contributed by atoms with E-state index < -0.39 is 0 Å². The van der Waals surface area contributed by atoms with Gasteiger partial charge in [-0.15, -0.1) is 0 Å². The second-order valence-electron chi connectivity index (χ2n) is 5.72. The molecule has 1 aromatic heterocycles. The molecule has 0 saturated carbocycles. The predicted octanol–water partition coefficient (Wildman–Crippen LogP) is 4.91. The zero-order valence-electron chi connectivity index (χ0n) is 12.9. The minimum Gasteiger partial charge on any atom is -0.352 e. The van der Waals surface area contributed by atoms with Crippen LogP contribution in [0.5, 0.6) is 0 Å². The highest BCUT2D eigenvalue weighted by molar-refractivity contribution is 9.10. The molecule has 1 saturated heterocycles. The van der Waals surface area contributed by atoms with Gasteiger partial charge in [-0.2, -0.15) is 0 Å². The lowest BCUT2D eigenvalue weighted by atomic mass is 10.2. The van der Waals surface area contributed by atoms with Gasteiger partial charge in [0.05, 0.1) is 6.61 Å². The second-order valence-corrected chi connectivity index (χ2v) is 6.64. The van der Waals surface area contributed by atoms with Gasteiger partial charge in [0.1, 0.15) is 5.82 Å². The van der Waals surface area contributed by atoms with Crippen LogP contribution in [-0.4, -0.2) is 17.7 Å². The summed E-state index contributed by atoms with van der Waals surface area (Å²) in [5.41, 5.74) is 3.14. The third kappa shape index (κ3) is 2.97. The molecule has 1 unspecified atom stereocenters. The molecule has 1 aliphatic heterocycles. The molecule has 122 valence electrons. The molecule has 0 aliphatic carbocycles. The number of halogens is 2. The lowest BCUT2D eigenvalue weighted by molar-refractivity contribution is 0.114. The summed E-state index contributed by atoms with van der Waals surface area (Å²) in [6.07, 6.45) is 3.96. The Hall–Kier alpha value is -2.11. The number of hydrogen-bond donors (Lipinski definition) is 0. The standard InChI is InChI=1S/C19H16BrFN2O/c20-15-1-5-17(6-2-15)22-10-9-14(13-22)19-23(11-12-24-19)18-7-3-16(21)4-8-18/h1-10,13,19H,11-12H2. The van der Waals surface area contributed by atoms with Crippen molar-refractivity contribution in [3.8, 4) is 5.69 Å². The number of hydrogen-bond acceptors (Lipinski definition) is 2. The van der Waals surface area contributed by atoms with Crippen LogP contribution in [0.2, 0.25) is 0 Å². The van der Waals surface area contributed by atoms with Gasteiger partial charge >= 0.3 is 0 Å². The van der Waals surface area contributed by atoms with E-state index in [9.17, 15) is 4.39 Å². The van der Waals surface area contributed by atoms with Gasteiger partial charge in [0.25, 0.3) is 0 Å². The first-order valence-corrected chi connectivity index (χ1v) is 8.58. The fourth-order valence-electron chi connectivity index (χ4n) is 2.98. The molecule has 1 aliphatic rings. The van der Waals surface area contributed by atoms with Crippen LogP contribution in [0.25, 0.3) is 5.69 Å². The maximum absolute atomic E-state index is 13.2. The van der Waals surface area contributed by atoms with Gasteiger partial charge in [-0.1, -0.05) is 15.9 Å². The Morgan fingerprint density at radius 2 is 1.67 bits per heavy atom. The van der Waals surface area contributed by atoms with Crippen molar-refractivity contribution in [2.24, 2.45) is 0 Å². The fourth-order valence-corrected chi connectivity index (χ4v) is 3.24. The number of rotatable bonds is 3. The molecule has 0 N–H and O–H groups in total. The van der Waals surface area contributed by atoms with Crippen molar-refractivity contribution < 1.29 is 9.13 Å². The summed E-state index contributed by atoms with van der Waals surface area (Å²) in [5, 5.41) is 0. The van der Waals surface area contributed by atoms with Crippen LogP contribution in [0.1, 0.15) is 11.8 Å². The minimum atomic E-state index is -0.225. The molecule has 3 aromatic rings. The molecule has 3 nitrogen and oxygen atoms in total. The monoisotopic (exact) mass is 386 g/mol. The van der Waals surface area contributed by atoms with E-state index in [1.165, 1.54) is 12.1 Å². The SMILES string of the molecule is Fc1ccc(N2CCOC2c2ccn(-c3ccc(Br)cc3)c2)cc1. The maximum Gasteiger partial charge on any atom is 0.158 e. The molecule has 2 aromatic carbocycles. The summed E-state index contributed by atoms with van der Waals surface area (Å²) >= 11 is 3.45. The summed E-state index contributed by atoms with van der Waals surface area (Å²) in [6, 6.07) is 16.8. The molecule has 24 heavy (non-hydrogen) atoms. The van der Waals surface area contributed by atoms with E-state index in [-0.39, 0.29) is 12.0 Å². The maximum atomic E-state index is 13.2. The second kappa shape index (κ2) is 6.42. The third-order valence-electron chi connectivity index (χ3n) is 4.17. The number of anilines is 1. The molecule has 0 radical (unpaired) electrons. The van der Waals surface area contributed by atoms with E-state index in [1.54, 1.807) is 12.1 Å². The number of aromatic nitrogens is 1. The van der Waals surface area contributed by atoms with E-state index in [1.807, 2.05) is 18.3 Å². The Labute approximate surface area is 148 Å². The van der Waals surface area contributed by atoms with Crippen LogP contribution >= 0.6 is 15.9 Å². The lowest BCUT2D eigenvalue weighted by Crippen LogP contribution is -2.22. The Morgan fingerprint density at radius 1 is 0.958 bits per heavy atom. The third-order valence-corrected chi connectivity index (χ3v) is 4.70. The van der Waals surface area contributed by atoms with Crippen molar-refractivity contribution in [3.05, 3.63) is 82.8 Å². The van der Waals surface area contributed by atoms with E-state index in [4.69, 9.17) is 4.74 Å². The van der Waals surface area contributed by atoms with Crippen molar-refractivity contribution in [2.75, 3.05) is 18.1 Å². The van der Waals surface area contributed by atoms with Gasteiger partial charge < -0.3 is 14.2 Å². The first-order chi connectivity index (χ1) is 11.7. The van der Waals surface area contributed by atoms with Crippen LogP contribution in [0.3, 0.4) is 0 Å². The van der Waals surface area contributed by atoms with Crippen LogP contribution in [0, 0.1) is 5.82 Å². The van der Waals surface area contributed by atoms with Gasteiger partial charge in [-0.3, -0.25) is 0 Å². The fraction of sp³-hybridized carbons (Fsp3) is 0.158. The lowest BCUT2D eigenvalue weighted by Gasteiger charge is -2.24.